The number of hydrogen-bond donors (Lipinski definition) is 2. The lowest BCUT2D eigenvalue weighted by atomic mass is 10.1. The van der Waals surface area contributed by atoms with E-state index in [4.69, 9.17) is 0 Å². The Balaban J connectivity index is 1.66. The Hall–Kier alpha value is -2.62. The van der Waals surface area contributed by atoms with Gasteiger partial charge in [0.15, 0.2) is 0 Å². The van der Waals surface area contributed by atoms with Crippen LogP contribution in [0.2, 0.25) is 0 Å². The number of nitrogens with one attached hydrogen (secondary N) is 2. The zero-order valence-electron chi connectivity index (χ0n) is 14.1. The van der Waals surface area contributed by atoms with Gasteiger partial charge in [0.2, 0.25) is 5.91 Å². The van der Waals surface area contributed by atoms with Crippen LogP contribution in [0.15, 0.2) is 42.5 Å². The van der Waals surface area contributed by atoms with E-state index in [9.17, 15) is 9.59 Å². The lowest BCUT2D eigenvalue weighted by molar-refractivity contribution is -0.118. The van der Waals surface area contributed by atoms with Crippen molar-refractivity contribution in [3.63, 3.8) is 0 Å². The number of hydrogen-bond acceptors (Lipinski definition) is 2. The maximum Gasteiger partial charge on any atom is 0.255 e. The van der Waals surface area contributed by atoms with Crippen LogP contribution in [0.4, 0.5) is 11.4 Å². The summed E-state index contributed by atoms with van der Waals surface area (Å²) in [4.78, 5) is 24.0. The van der Waals surface area contributed by atoms with Gasteiger partial charge in [0.1, 0.15) is 0 Å². The average molecular weight is 322 g/mol. The Morgan fingerprint density at radius 1 is 0.875 bits per heavy atom. The van der Waals surface area contributed by atoms with Gasteiger partial charge in [-0.2, -0.15) is 0 Å². The molecule has 1 aliphatic carbocycles. The van der Waals surface area contributed by atoms with Gasteiger partial charge in [-0.25, -0.2) is 0 Å². The van der Waals surface area contributed by atoms with Crippen LogP contribution < -0.4 is 10.6 Å². The van der Waals surface area contributed by atoms with Crippen LogP contribution in [0.5, 0.6) is 0 Å². The quantitative estimate of drug-likeness (QED) is 0.893. The summed E-state index contributed by atoms with van der Waals surface area (Å²) in [7, 11) is 0. The summed E-state index contributed by atoms with van der Waals surface area (Å²) in [5.41, 5.74) is 4.82. The van der Waals surface area contributed by atoms with Crippen molar-refractivity contribution in [2.75, 3.05) is 10.6 Å². The highest BCUT2D eigenvalue weighted by molar-refractivity contribution is 6.04. The second-order valence-corrected chi connectivity index (χ2v) is 6.51. The fourth-order valence-electron chi connectivity index (χ4n) is 2.84. The van der Waals surface area contributed by atoms with Crippen LogP contribution in [0.25, 0.3) is 0 Å². The molecule has 0 aromatic heterocycles. The first-order valence-electron chi connectivity index (χ1n) is 8.37. The smallest absolute Gasteiger partial charge is 0.255 e. The molecular formula is C20H22N2O2. The van der Waals surface area contributed by atoms with Gasteiger partial charge in [-0.05, 0) is 66.8 Å². The van der Waals surface area contributed by atoms with Crippen molar-refractivity contribution >= 4 is 23.2 Å². The van der Waals surface area contributed by atoms with Gasteiger partial charge in [0, 0.05) is 22.9 Å². The van der Waals surface area contributed by atoms with E-state index >= 15 is 0 Å². The minimum Gasteiger partial charge on any atom is -0.326 e. The maximum absolute atomic E-state index is 12.4. The third kappa shape index (κ3) is 3.65. The Morgan fingerprint density at radius 3 is 2.25 bits per heavy atom. The predicted molar refractivity (Wildman–Crippen MR) is 96.3 cm³/mol. The van der Waals surface area contributed by atoms with Gasteiger partial charge in [-0.1, -0.05) is 19.9 Å². The molecule has 0 radical (unpaired) electrons. The molecule has 2 aromatic carbocycles. The van der Waals surface area contributed by atoms with Crippen molar-refractivity contribution in [3.8, 4) is 0 Å². The van der Waals surface area contributed by atoms with Crippen LogP contribution in [-0.2, 0) is 17.6 Å². The zero-order valence-corrected chi connectivity index (χ0v) is 14.1. The van der Waals surface area contributed by atoms with Gasteiger partial charge in [0.25, 0.3) is 5.91 Å². The maximum atomic E-state index is 12.4. The molecule has 2 aromatic rings. The molecule has 3 rings (SSSR count). The van der Waals surface area contributed by atoms with Crippen molar-refractivity contribution in [1.82, 2.24) is 0 Å². The van der Waals surface area contributed by atoms with Gasteiger partial charge in [-0.15, -0.1) is 0 Å². The van der Waals surface area contributed by atoms with Crippen LogP contribution in [0.3, 0.4) is 0 Å². The second kappa shape index (κ2) is 6.87. The monoisotopic (exact) mass is 322 g/mol. The summed E-state index contributed by atoms with van der Waals surface area (Å²) in [6, 6.07) is 13.1. The number of anilines is 2. The third-order valence-corrected chi connectivity index (χ3v) is 4.30. The zero-order chi connectivity index (χ0) is 17.1. The molecule has 0 spiro atoms. The minimum absolute atomic E-state index is 0.0367. The Morgan fingerprint density at radius 2 is 1.54 bits per heavy atom. The van der Waals surface area contributed by atoms with Gasteiger partial charge in [0.05, 0.1) is 0 Å². The van der Waals surface area contributed by atoms with E-state index < -0.39 is 0 Å². The fraction of sp³-hybridized carbons (Fsp3) is 0.300. The summed E-state index contributed by atoms with van der Waals surface area (Å²) < 4.78 is 0. The van der Waals surface area contributed by atoms with Gasteiger partial charge < -0.3 is 10.6 Å². The van der Waals surface area contributed by atoms with Gasteiger partial charge in [-0.3, -0.25) is 9.59 Å². The Bertz CT molecular complexity index is 764. The molecule has 124 valence electrons. The Kier molecular flexibility index (Phi) is 4.65. The molecule has 4 nitrogen and oxygen atoms in total. The van der Waals surface area contributed by atoms with Crippen LogP contribution in [-0.4, -0.2) is 11.8 Å². The molecule has 4 heteroatoms. The first kappa shape index (κ1) is 16.2. The van der Waals surface area contributed by atoms with E-state index in [1.807, 2.05) is 19.9 Å². The Labute approximate surface area is 142 Å². The molecular weight excluding hydrogens is 300 g/mol. The standard InChI is InChI=1S/C20H22N2O2/c1-13(2)19(23)21-17-9-7-15(8-10-17)20(24)22-18-11-6-14-4-3-5-16(14)12-18/h6-13H,3-5H2,1-2H3,(H,21,23)(H,22,24). The molecule has 0 fully saturated rings. The average Bonchev–Trinajstić information content (AvgIpc) is 3.03. The number of rotatable bonds is 4. The summed E-state index contributed by atoms with van der Waals surface area (Å²) >= 11 is 0. The van der Waals surface area contributed by atoms with E-state index in [1.54, 1.807) is 24.3 Å². The first-order valence-corrected chi connectivity index (χ1v) is 8.37. The highest BCUT2D eigenvalue weighted by atomic mass is 16.2. The highest BCUT2D eigenvalue weighted by Crippen LogP contribution is 2.25. The lowest BCUT2D eigenvalue weighted by Crippen LogP contribution is -2.18. The first-order chi connectivity index (χ1) is 11.5. The number of carbonyl (C=O) groups excluding carboxylic acids is 2. The second-order valence-electron chi connectivity index (χ2n) is 6.51. The number of amides is 2. The van der Waals surface area contributed by atoms with Crippen LogP contribution in [0.1, 0.15) is 41.8 Å². The fourth-order valence-corrected chi connectivity index (χ4v) is 2.84. The molecule has 1 aliphatic rings. The summed E-state index contributed by atoms with van der Waals surface area (Å²) in [6.07, 6.45) is 3.41. The van der Waals surface area contributed by atoms with Crippen molar-refractivity contribution in [3.05, 3.63) is 59.2 Å². The van der Waals surface area contributed by atoms with E-state index in [0.29, 0.717) is 11.3 Å². The SMILES string of the molecule is CC(C)C(=O)Nc1ccc(C(=O)Nc2ccc3c(c2)CCC3)cc1. The highest BCUT2D eigenvalue weighted by Gasteiger charge is 2.13. The van der Waals surface area contributed by atoms with Crippen molar-refractivity contribution in [1.29, 1.82) is 0 Å². The normalized spacial score (nSPS) is 12.8. The molecule has 0 saturated carbocycles. The van der Waals surface area contributed by atoms with E-state index in [1.165, 1.54) is 17.5 Å². The molecule has 24 heavy (non-hydrogen) atoms. The summed E-state index contributed by atoms with van der Waals surface area (Å²) in [5, 5.41) is 5.75. The summed E-state index contributed by atoms with van der Waals surface area (Å²) in [5.74, 6) is -0.257. The van der Waals surface area contributed by atoms with Gasteiger partial charge >= 0.3 is 0 Å². The molecule has 0 aliphatic heterocycles. The van der Waals surface area contributed by atoms with Crippen LogP contribution in [0, 0.1) is 5.92 Å². The van der Waals surface area contributed by atoms with Crippen molar-refractivity contribution in [2.45, 2.75) is 33.1 Å². The predicted octanol–water partition coefficient (Wildman–Crippen LogP) is 4.02. The number of aryl methyl sites for hydroxylation is 2. The topological polar surface area (TPSA) is 58.2 Å². The largest absolute Gasteiger partial charge is 0.326 e. The van der Waals surface area contributed by atoms with E-state index in [2.05, 4.69) is 22.8 Å². The molecule has 2 amide bonds. The number of fused-ring (bicyclic) bond motifs is 1. The van der Waals surface area contributed by atoms with E-state index in [0.717, 1.165) is 18.5 Å². The molecule has 0 atom stereocenters. The third-order valence-electron chi connectivity index (χ3n) is 4.30. The summed E-state index contributed by atoms with van der Waals surface area (Å²) in [6.45, 7) is 3.68. The molecule has 0 bridgehead atoms. The van der Waals surface area contributed by atoms with E-state index in [-0.39, 0.29) is 17.7 Å². The van der Waals surface area contributed by atoms with Crippen molar-refractivity contribution in [2.24, 2.45) is 5.92 Å². The lowest BCUT2D eigenvalue weighted by Gasteiger charge is -2.10. The minimum atomic E-state index is -0.144. The van der Waals surface area contributed by atoms with Crippen LogP contribution >= 0.6 is 0 Å². The number of carbonyl (C=O) groups is 2. The molecule has 0 unspecified atom stereocenters. The van der Waals surface area contributed by atoms with Crippen molar-refractivity contribution < 1.29 is 9.59 Å². The molecule has 0 heterocycles. The molecule has 0 saturated heterocycles. The number of benzene rings is 2. The molecule has 2 N–H and O–H groups in total.